The molecule has 0 radical (unpaired) electrons. The Hall–Kier alpha value is -1.35. The Labute approximate surface area is 103 Å². The first-order valence-electron chi connectivity index (χ1n) is 6.22. The van der Waals surface area contributed by atoms with E-state index in [1.165, 1.54) is 5.56 Å². The van der Waals surface area contributed by atoms with Gasteiger partial charge in [0.05, 0.1) is 6.04 Å². The van der Waals surface area contributed by atoms with Crippen LogP contribution in [0.15, 0.2) is 24.3 Å². The van der Waals surface area contributed by atoms with Crippen LogP contribution in [0.4, 0.5) is 0 Å². The zero-order valence-electron chi connectivity index (χ0n) is 10.5. The Morgan fingerprint density at radius 2 is 2.06 bits per heavy atom. The summed E-state index contributed by atoms with van der Waals surface area (Å²) in [6, 6.07) is 8.40. The molecule has 3 heteroatoms. The van der Waals surface area contributed by atoms with E-state index in [4.69, 9.17) is 0 Å². The van der Waals surface area contributed by atoms with Crippen LogP contribution in [0.3, 0.4) is 0 Å². The summed E-state index contributed by atoms with van der Waals surface area (Å²) in [6.07, 6.45) is 0.642. The molecular weight excluding hydrogens is 212 g/mol. The van der Waals surface area contributed by atoms with Crippen molar-refractivity contribution in [2.45, 2.75) is 26.3 Å². The molecular formula is C14H20N2O. The van der Waals surface area contributed by atoms with E-state index >= 15 is 0 Å². The van der Waals surface area contributed by atoms with Crippen molar-refractivity contribution < 1.29 is 4.79 Å². The number of benzene rings is 1. The minimum Gasteiger partial charge on any atom is -0.350 e. The third-order valence-corrected chi connectivity index (χ3v) is 3.29. The molecule has 1 aromatic rings. The van der Waals surface area contributed by atoms with Gasteiger partial charge in [0.1, 0.15) is 0 Å². The standard InChI is InChI=1S/C14H20N2O/c1-10-3-5-13(6-4-10)11(2)16-14(17)7-12-8-15-9-12/h3-6,11-12,15H,7-9H2,1-2H3,(H,16,17)/t11-/m0/s1. The molecule has 1 aromatic carbocycles. The van der Waals surface area contributed by atoms with Gasteiger partial charge < -0.3 is 10.6 Å². The fourth-order valence-corrected chi connectivity index (χ4v) is 1.99. The van der Waals surface area contributed by atoms with E-state index in [1.54, 1.807) is 0 Å². The van der Waals surface area contributed by atoms with Gasteiger partial charge in [-0.25, -0.2) is 0 Å². The van der Waals surface area contributed by atoms with Crippen LogP contribution in [0.5, 0.6) is 0 Å². The van der Waals surface area contributed by atoms with Gasteiger partial charge in [0.25, 0.3) is 0 Å². The van der Waals surface area contributed by atoms with Crippen molar-refractivity contribution in [2.24, 2.45) is 5.92 Å². The molecule has 1 aliphatic heterocycles. The van der Waals surface area contributed by atoms with Crippen molar-refractivity contribution in [3.63, 3.8) is 0 Å². The minimum atomic E-state index is 0.0936. The number of amides is 1. The van der Waals surface area contributed by atoms with E-state index in [9.17, 15) is 4.79 Å². The maximum absolute atomic E-state index is 11.8. The highest BCUT2D eigenvalue weighted by atomic mass is 16.1. The topological polar surface area (TPSA) is 41.1 Å². The molecule has 1 amide bonds. The number of nitrogens with one attached hydrogen (secondary N) is 2. The van der Waals surface area contributed by atoms with E-state index < -0.39 is 0 Å². The van der Waals surface area contributed by atoms with Crippen LogP contribution in [0, 0.1) is 12.8 Å². The van der Waals surface area contributed by atoms with Crippen LogP contribution in [0.25, 0.3) is 0 Å². The average Bonchev–Trinajstić information content (AvgIpc) is 2.24. The predicted octanol–water partition coefficient (Wildman–Crippen LogP) is 1.78. The van der Waals surface area contributed by atoms with Crippen molar-refractivity contribution >= 4 is 5.91 Å². The van der Waals surface area contributed by atoms with Gasteiger partial charge in [-0.05, 0) is 38.4 Å². The molecule has 1 fully saturated rings. The molecule has 3 nitrogen and oxygen atoms in total. The molecule has 0 aliphatic carbocycles. The second kappa shape index (κ2) is 5.32. The van der Waals surface area contributed by atoms with E-state index in [1.807, 2.05) is 6.92 Å². The Kier molecular flexibility index (Phi) is 3.79. The van der Waals surface area contributed by atoms with Crippen molar-refractivity contribution in [3.8, 4) is 0 Å². The van der Waals surface area contributed by atoms with Gasteiger partial charge in [0.2, 0.25) is 5.91 Å². The number of hydrogen-bond acceptors (Lipinski definition) is 2. The van der Waals surface area contributed by atoms with Crippen molar-refractivity contribution in [2.75, 3.05) is 13.1 Å². The molecule has 1 aliphatic rings. The van der Waals surface area contributed by atoms with Gasteiger partial charge >= 0.3 is 0 Å². The molecule has 92 valence electrons. The third-order valence-electron chi connectivity index (χ3n) is 3.29. The molecule has 0 spiro atoms. The summed E-state index contributed by atoms with van der Waals surface area (Å²) < 4.78 is 0. The van der Waals surface area contributed by atoms with E-state index in [-0.39, 0.29) is 11.9 Å². The Morgan fingerprint density at radius 1 is 1.41 bits per heavy atom. The van der Waals surface area contributed by atoms with Crippen LogP contribution in [-0.2, 0) is 4.79 Å². The molecule has 0 bridgehead atoms. The number of rotatable bonds is 4. The van der Waals surface area contributed by atoms with Crippen molar-refractivity contribution in [1.82, 2.24) is 10.6 Å². The van der Waals surface area contributed by atoms with Crippen LogP contribution in [0.1, 0.15) is 30.5 Å². The second-order valence-electron chi connectivity index (χ2n) is 4.93. The van der Waals surface area contributed by atoms with E-state index in [2.05, 4.69) is 41.8 Å². The lowest BCUT2D eigenvalue weighted by molar-refractivity contribution is -0.123. The predicted molar refractivity (Wildman–Crippen MR) is 68.7 cm³/mol. The molecule has 17 heavy (non-hydrogen) atoms. The van der Waals surface area contributed by atoms with Crippen LogP contribution in [-0.4, -0.2) is 19.0 Å². The monoisotopic (exact) mass is 232 g/mol. The largest absolute Gasteiger partial charge is 0.350 e. The fourth-order valence-electron chi connectivity index (χ4n) is 1.99. The van der Waals surface area contributed by atoms with Crippen LogP contribution in [0.2, 0.25) is 0 Å². The van der Waals surface area contributed by atoms with Gasteiger partial charge in [-0.3, -0.25) is 4.79 Å². The summed E-state index contributed by atoms with van der Waals surface area (Å²) in [7, 11) is 0. The quantitative estimate of drug-likeness (QED) is 0.831. The summed E-state index contributed by atoms with van der Waals surface area (Å²) in [5.74, 6) is 0.685. The highest BCUT2D eigenvalue weighted by molar-refractivity contribution is 5.76. The first-order chi connectivity index (χ1) is 8.15. The smallest absolute Gasteiger partial charge is 0.220 e. The molecule has 1 heterocycles. The highest BCUT2D eigenvalue weighted by Crippen LogP contribution is 2.14. The zero-order chi connectivity index (χ0) is 12.3. The third kappa shape index (κ3) is 3.30. The van der Waals surface area contributed by atoms with Gasteiger partial charge in [-0.15, -0.1) is 0 Å². The SMILES string of the molecule is Cc1ccc([C@H](C)NC(=O)CC2CNC2)cc1. The van der Waals surface area contributed by atoms with Crippen LogP contribution >= 0.6 is 0 Å². The molecule has 1 atom stereocenters. The second-order valence-corrected chi connectivity index (χ2v) is 4.93. The normalized spacial score (nSPS) is 17.3. The van der Waals surface area contributed by atoms with Gasteiger partial charge in [0, 0.05) is 6.42 Å². The molecule has 1 saturated heterocycles. The lowest BCUT2D eigenvalue weighted by Crippen LogP contribution is -2.44. The maximum Gasteiger partial charge on any atom is 0.220 e. The Balaban J connectivity index is 1.84. The number of aryl methyl sites for hydroxylation is 1. The minimum absolute atomic E-state index is 0.0936. The van der Waals surface area contributed by atoms with Gasteiger partial charge in [-0.1, -0.05) is 29.8 Å². The fraction of sp³-hybridized carbons (Fsp3) is 0.500. The number of carbonyl (C=O) groups is 1. The summed E-state index contributed by atoms with van der Waals surface area (Å²) >= 11 is 0. The Bertz CT molecular complexity index is 382. The summed E-state index contributed by atoms with van der Waals surface area (Å²) in [4.78, 5) is 11.8. The maximum atomic E-state index is 11.8. The molecule has 2 N–H and O–H groups in total. The zero-order valence-corrected chi connectivity index (χ0v) is 10.5. The molecule has 0 unspecified atom stereocenters. The highest BCUT2D eigenvalue weighted by Gasteiger charge is 2.20. The lowest BCUT2D eigenvalue weighted by atomic mass is 9.98. The summed E-state index contributed by atoms with van der Waals surface area (Å²) in [5, 5.41) is 6.23. The van der Waals surface area contributed by atoms with Crippen LogP contribution < -0.4 is 10.6 Å². The Morgan fingerprint density at radius 3 is 2.59 bits per heavy atom. The summed E-state index contributed by atoms with van der Waals surface area (Å²) in [6.45, 7) is 6.05. The molecule has 0 saturated carbocycles. The molecule has 2 rings (SSSR count). The summed E-state index contributed by atoms with van der Waals surface area (Å²) in [5.41, 5.74) is 2.41. The van der Waals surface area contributed by atoms with E-state index in [0.29, 0.717) is 12.3 Å². The average molecular weight is 232 g/mol. The van der Waals surface area contributed by atoms with E-state index in [0.717, 1.165) is 18.7 Å². The first-order valence-corrected chi connectivity index (χ1v) is 6.22. The number of hydrogen-bond donors (Lipinski definition) is 2. The lowest BCUT2D eigenvalue weighted by Gasteiger charge is -2.27. The first kappa shape index (κ1) is 12.1. The van der Waals surface area contributed by atoms with Gasteiger partial charge in [-0.2, -0.15) is 0 Å². The van der Waals surface area contributed by atoms with Gasteiger partial charge in [0.15, 0.2) is 0 Å². The van der Waals surface area contributed by atoms with Crippen molar-refractivity contribution in [3.05, 3.63) is 35.4 Å². The van der Waals surface area contributed by atoms with Crippen molar-refractivity contribution in [1.29, 1.82) is 0 Å². The number of carbonyl (C=O) groups excluding carboxylic acids is 1. The molecule has 0 aromatic heterocycles.